The Hall–Kier alpha value is 0.390. The van der Waals surface area contributed by atoms with Crippen molar-refractivity contribution in [2.45, 2.75) is 32.0 Å². The fourth-order valence-electron chi connectivity index (χ4n) is 1.05. The fraction of sp³-hybridized carbons (Fsp3) is 1.00. The van der Waals surface area contributed by atoms with E-state index in [2.05, 4.69) is 6.92 Å². The highest BCUT2D eigenvalue weighted by molar-refractivity contribution is 7.39. The van der Waals surface area contributed by atoms with Gasteiger partial charge in [0.1, 0.15) is 0 Å². The van der Waals surface area contributed by atoms with Crippen molar-refractivity contribution in [1.82, 2.24) is 0 Å². The Kier molecular flexibility index (Phi) is 3.54. The SMILES string of the molecule is CCCCC1OCCP1. The van der Waals surface area contributed by atoms with Crippen LogP contribution in [-0.2, 0) is 4.74 Å². The van der Waals surface area contributed by atoms with Gasteiger partial charge in [0.2, 0.25) is 0 Å². The van der Waals surface area contributed by atoms with Crippen molar-refractivity contribution >= 4 is 8.58 Å². The van der Waals surface area contributed by atoms with Gasteiger partial charge in [0.25, 0.3) is 0 Å². The van der Waals surface area contributed by atoms with E-state index in [4.69, 9.17) is 4.74 Å². The highest BCUT2D eigenvalue weighted by atomic mass is 31.1. The lowest BCUT2D eigenvalue weighted by molar-refractivity contribution is 0.134. The number of ether oxygens (including phenoxy) is 1. The third-order valence-corrected chi connectivity index (χ3v) is 3.02. The van der Waals surface area contributed by atoms with Crippen molar-refractivity contribution in [3.63, 3.8) is 0 Å². The molecule has 0 aromatic heterocycles. The van der Waals surface area contributed by atoms with Crippen LogP contribution in [0.15, 0.2) is 0 Å². The Morgan fingerprint density at radius 3 is 3.11 bits per heavy atom. The zero-order valence-electron chi connectivity index (χ0n) is 6.02. The minimum atomic E-state index is 0.643. The van der Waals surface area contributed by atoms with E-state index in [9.17, 15) is 0 Å². The van der Waals surface area contributed by atoms with Gasteiger partial charge in [-0.25, -0.2) is 0 Å². The molecule has 2 unspecified atom stereocenters. The minimum absolute atomic E-state index is 0.643. The van der Waals surface area contributed by atoms with E-state index in [1.54, 1.807) is 0 Å². The largest absolute Gasteiger partial charge is 0.374 e. The van der Waals surface area contributed by atoms with Gasteiger partial charge in [-0.3, -0.25) is 0 Å². The summed E-state index contributed by atoms with van der Waals surface area (Å²) in [6.45, 7) is 3.25. The van der Waals surface area contributed by atoms with Gasteiger partial charge in [0, 0.05) is 0 Å². The number of hydrogen-bond acceptors (Lipinski definition) is 1. The predicted octanol–water partition coefficient (Wildman–Crippen LogP) is 2.21. The molecule has 1 rings (SSSR count). The molecule has 0 aromatic carbocycles. The Labute approximate surface area is 59.0 Å². The standard InChI is InChI=1S/C7H15OP/c1-2-3-4-7-8-5-6-9-7/h7,9H,2-6H2,1H3. The smallest absolute Gasteiger partial charge is 0.0737 e. The second-order valence-electron chi connectivity index (χ2n) is 2.46. The second-order valence-corrected chi connectivity index (χ2v) is 4.01. The molecule has 1 nitrogen and oxygen atoms in total. The first-order valence-corrected chi connectivity index (χ1v) is 5.07. The summed E-state index contributed by atoms with van der Waals surface area (Å²) in [5, 5.41) is 0. The molecule has 0 N–H and O–H groups in total. The summed E-state index contributed by atoms with van der Waals surface area (Å²) in [6, 6.07) is 0. The van der Waals surface area contributed by atoms with Crippen LogP contribution in [-0.4, -0.2) is 18.6 Å². The molecule has 9 heavy (non-hydrogen) atoms. The Bertz CT molecular complexity index is 69.3. The van der Waals surface area contributed by atoms with Gasteiger partial charge in [-0.15, -0.1) is 0 Å². The maximum atomic E-state index is 5.47. The van der Waals surface area contributed by atoms with E-state index in [0.717, 1.165) is 15.2 Å². The van der Waals surface area contributed by atoms with Crippen LogP contribution >= 0.6 is 8.58 Å². The van der Waals surface area contributed by atoms with Crippen LogP contribution in [0.3, 0.4) is 0 Å². The predicted molar refractivity (Wildman–Crippen MR) is 42.4 cm³/mol. The Morgan fingerprint density at radius 1 is 1.67 bits per heavy atom. The van der Waals surface area contributed by atoms with Gasteiger partial charge in [0.05, 0.1) is 12.5 Å². The van der Waals surface area contributed by atoms with Crippen LogP contribution < -0.4 is 0 Å². The van der Waals surface area contributed by atoms with Crippen molar-refractivity contribution in [2.24, 2.45) is 0 Å². The minimum Gasteiger partial charge on any atom is -0.374 e. The first-order chi connectivity index (χ1) is 4.43. The first kappa shape index (κ1) is 7.50. The molecule has 2 heteroatoms. The highest BCUT2D eigenvalue weighted by Crippen LogP contribution is 2.30. The van der Waals surface area contributed by atoms with E-state index in [1.807, 2.05) is 0 Å². The molecule has 1 saturated heterocycles. The van der Waals surface area contributed by atoms with E-state index < -0.39 is 0 Å². The molecule has 0 spiro atoms. The maximum absolute atomic E-state index is 5.47. The Morgan fingerprint density at radius 2 is 2.56 bits per heavy atom. The van der Waals surface area contributed by atoms with Crippen molar-refractivity contribution in [3.8, 4) is 0 Å². The molecule has 0 amide bonds. The molecule has 54 valence electrons. The molecule has 0 radical (unpaired) electrons. The van der Waals surface area contributed by atoms with Gasteiger partial charge in [-0.2, -0.15) is 0 Å². The van der Waals surface area contributed by atoms with Crippen molar-refractivity contribution in [3.05, 3.63) is 0 Å². The average Bonchev–Trinajstić information content (AvgIpc) is 2.34. The van der Waals surface area contributed by atoms with Crippen LogP contribution in [0.1, 0.15) is 26.2 Å². The van der Waals surface area contributed by atoms with Crippen LogP contribution in [0.5, 0.6) is 0 Å². The molecule has 0 saturated carbocycles. The lowest BCUT2D eigenvalue weighted by Crippen LogP contribution is -1.98. The lowest BCUT2D eigenvalue weighted by atomic mass is 10.3. The summed E-state index contributed by atoms with van der Waals surface area (Å²) in [6.07, 6.45) is 5.27. The number of hydrogen-bond donors (Lipinski definition) is 0. The highest BCUT2D eigenvalue weighted by Gasteiger charge is 2.13. The van der Waals surface area contributed by atoms with Gasteiger partial charge in [0.15, 0.2) is 0 Å². The summed E-state index contributed by atoms with van der Waals surface area (Å²) in [4.78, 5) is 0. The first-order valence-electron chi connectivity index (χ1n) is 3.78. The molecule has 0 bridgehead atoms. The van der Waals surface area contributed by atoms with Crippen LogP contribution in [0.4, 0.5) is 0 Å². The van der Waals surface area contributed by atoms with E-state index in [-0.39, 0.29) is 0 Å². The van der Waals surface area contributed by atoms with Crippen LogP contribution in [0, 0.1) is 0 Å². The molecule has 1 heterocycles. The third-order valence-electron chi connectivity index (χ3n) is 1.61. The molecule has 2 atom stereocenters. The summed E-state index contributed by atoms with van der Waals surface area (Å²) >= 11 is 0. The van der Waals surface area contributed by atoms with Crippen LogP contribution in [0.2, 0.25) is 0 Å². The maximum Gasteiger partial charge on any atom is 0.0737 e. The molecule has 1 fully saturated rings. The average molecular weight is 146 g/mol. The number of rotatable bonds is 3. The molecular formula is C7H15OP. The van der Waals surface area contributed by atoms with Gasteiger partial charge in [-0.05, 0) is 12.6 Å². The van der Waals surface area contributed by atoms with Gasteiger partial charge in [-0.1, -0.05) is 28.3 Å². The normalized spacial score (nSPS) is 29.7. The zero-order chi connectivity index (χ0) is 6.53. The monoisotopic (exact) mass is 146 g/mol. The van der Waals surface area contributed by atoms with Gasteiger partial charge >= 0.3 is 0 Å². The third kappa shape index (κ3) is 2.64. The summed E-state index contributed by atoms with van der Waals surface area (Å²) in [5.41, 5.74) is 0. The zero-order valence-corrected chi connectivity index (χ0v) is 7.02. The molecule has 0 aliphatic carbocycles. The quantitative estimate of drug-likeness (QED) is 0.555. The topological polar surface area (TPSA) is 9.23 Å². The molecular weight excluding hydrogens is 131 g/mol. The Balaban J connectivity index is 1.98. The lowest BCUT2D eigenvalue weighted by Gasteiger charge is -2.05. The van der Waals surface area contributed by atoms with E-state index in [0.29, 0.717) is 5.85 Å². The van der Waals surface area contributed by atoms with Crippen molar-refractivity contribution in [2.75, 3.05) is 12.8 Å². The fourth-order valence-corrected chi connectivity index (χ4v) is 2.26. The van der Waals surface area contributed by atoms with Gasteiger partial charge < -0.3 is 4.74 Å². The molecule has 1 aliphatic heterocycles. The molecule has 1 aliphatic rings. The van der Waals surface area contributed by atoms with Crippen molar-refractivity contribution in [1.29, 1.82) is 0 Å². The molecule has 0 aromatic rings. The summed E-state index contributed by atoms with van der Waals surface area (Å²) < 4.78 is 5.47. The summed E-state index contributed by atoms with van der Waals surface area (Å²) in [5.74, 6) is 0.643. The number of unbranched alkanes of at least 4 members (excludes halogenated alkanes) is 1. The summed E-state index contributed by atoms with van der Waals surface area (Å²) in [7, 11) is 1.09. The van der Waals surface area contributed by atoms with Crippen molar-refractivity contribution < 1.29 is 4.74 Å². The second kappa shape index (κ2) is 4.24. The van der Waals surface area contributed by atoms with Crippen LogP contribution in [0.25, 0.3) is 0 Å². The van der Waals surface area contributed by atoms with E-state index in [1.165, 1.54) is 25.4 Å². The van der Waals surface area contributed by atoms with E-state index >= 15 is 0 Å².